The first-order valence-electron chi connectivity index (χ1n) is 12.9. The van der Waals surface area contributed by atoms with Crippen molar-refractivity contribution in [2.75, 3.05) is 11.5 Å². The van der Waals surface area contributed by atoms with Crippen LogP contribution in [0.4, 0.5) is 5.69 Å². The number of benzene rings is 2. The van der Waals surface area contributed by atoms with Gasteiger partial charge in [-0.2, -0.15) is 0 Å². The molecule has 1 aliphatic heterocycles. The minimum atomic E-state index is -0.723. The zero-order valence-electron chi connectivity index (χ0n) is 21.1. The smallest absolute Gasteiger partial charge is 0.238 e. The van der Waals surface area contributed by atoms with Crippen molar-refractivity contribution < 1.29 is 29.0 Å². The monoisotopic (exact) mass is 509 g/mol. The molecule has 4 atom stereocenters. The van der Waals surface area contributed by atoms with Crippen LogP contribution < -0.4 is 9.64 Å². The van der Waals surface area contributed by atoms with Crippen LogP contribution in [0, 0.1) is 17.8 Å². The number of phenolic OH excluding ortho intramolecular Hbond substituents is 1. The molecule has 1 saturated heterocycles. The van der Waals surface area contributed by atoms with Crippen LogP contribution in [0.25, 0.3) is 0 Å². The molecule has 1 heterocycles. The number of para-hydroxylation sites is 2. The van der Waals surface area contributed by atoms with E-state index in [1.54, 1.807) is 49.4 Å². The Bertz CT molecular complexity index is 1500. The van der Waals surface area contributed by atoms with Crippen molar-refractivity contribution in [1.29, 1.82) is 0 Å². The summed E-state index contributed by atoms with van der Waals surface area (Å²) in [4.78, 5) is 55.4. The fourth-order valence-corrected chi connectivity index (χ4v) is 6.61. The van der Waals surface area contributed by atoms with E-state index in [9.17, 15) is 24.3 Å². The van der Waals surface area contributed by atoms with Gasteiger partial charge < -0.3 is 9.84 Å². The zero-order valence-corrected chi connectivity index (χ0v) is 21.1. The Balaban J connectivity index is 1.51. The molecule has 1 fully saturated rings. The standard InChI is InChI=1S/C31H27NO6/c1-3-38-24-11-7-10-19(29(24)35)25-18-12-13-20-26(31(37)32(30(20)36)17-8-5-4-6-9-17)21(18)15-22-27(25)23(33)14-16(2)28(22)34/h4-12,14,20-21,25-26,35H,3,13,15H2,1-2H3. The summed E-state index contributed by atoms with van der Waals surface area (Å²) in [6, 6.07) is 14.0. The van der Waals surface area contributed by atoms with E-state index in [-0.39, 0.29) is 41.3 Å². The average molecular weight is 510 g/mol. The largest absolute Gasteiger partial charge is 0.504 e. The maximum Gasteiger partial charge on any atom is 0.238 e. The number of phenols is 1. The van der Waals surface area contributed by atoms with E-state index < -0.39 is 23.7 Å². The van der Waals surface area contributed by atoms with Gasteiger partial charge in [0.1, 0.15) is 0 Å². The van der Waals surface area contributed by atoms with E-state index in [1.165, 1.54) is 11.0 Å². The lowest BCUT2D eigenvalue weighted by Gasteiger charge is -2.42. The van der Waals surface area contributed by atoms with E-state index in [4.69, 9.17) is 4.74 Å². The highest BCUT2D eigenvalue weighted by atomic mass is 16.5. The first-order valence-corrected chi connectivity index (χ1v) is 12.9. The molecule has 0 aromatic heterocycles. The highest BCUT2D eigenvalue weighted by molar-refractivity contribution is 6.25. The summed E-state index contributed by atoms with van der Waals surface area (Å²) in [6.45, 7) is 3.77. The quantitative estimate of drug-likeness (QED) is 0.372. The molecule has 192 valence electrons. The zero-order chi connectivity index (χ0) is 26.7. The van der Waals surface area contributed by atoms with E-state index in [1.807, 2.05) is 19.1 Å². The number of Topliss-reactive ketones (excluding diaryl/α,β-unsaturated/α-hetero) is 1. The van der Waals surface area contributed by atoms with Crippen LogP contribution in [0.5, 0.6) is 11.5 Å². The van der Waals surface area contributed by atoms with Crippen molar-refractivity contribution in [2.45, 2.75) is 32.6 Å². The van der Waals surface area contributed by atoms with Gasteiger partial charge in [-0.05, 0) is 56.9 Å². The van der Waals surface area contributed by atoms with Crippen LogP contribution in [-0.4, -0.2) is 35.1 Å². The summed E-state index contributed by atoms with van der Waals surface area (Å²) in [5, 5.41) is 11.2. The van der Waals surface area contributed by atoms with E-state index in [0.29, 0.717) is 41.0 Å². The number of ketones is 2. The molecule has 2 amide bonds. The summed E-state index contributed by atoms with van der Waals surface area (Å²) in [5.41, 5.74) is 2.81. The van der Waals surface area contributed by atoms with E-state index in [2.05, 4.69) is 0 Å². The number of carbonyl (C=O) groups excluding carboxylic acids is 4. The van der Waals surface area contributed by atoms with Gasteiger partial charge in [-0.3, -0.25) is 24.1 Å². The van der Waals surface area contributed by atoms with Crippen LogP contribution in [0.15, 0.2) is 83.0 Å². The summed E-state index contributed by atoms with van der Waals surface area (Å²) in [6.07, 6.45) is 3.83. The van der Waals surface area contributed by atoms with Crippen LogP contribution in [0.3, 0.4) is 0 Å². The van der Waals surface area contributed by atoms with Gasteiger partial charge in [-0.1, -0.05) is 42.0 Å². The number of aromatic hydroxyl groups is 1. The second kappa shape index (κ2) is 8.94. The minimum Gasteiger partial charge on any atom is -0.504 e. The highest BCUT2D eigenvalue weighted by Gasteiger charge is 2.56. The number of imide groups is 1. The summed E-state index contributed by atoms with van der Waals surface area (Å²) in [7, 11) is 0. The number of anilines is 1. The molecule has 2 aromatic rings. The SMILES string of the molecule is CCOc1cccc(C2C3=CCC4C(=O)N(c5ccccc5)C(=O)C4C3CC3=C2C(=O)C=C(C)C3=O)c1O. The molecule has 7 heteroatoms. The number of hydrogen-bond acceptors (Lipinski definition) is 6. The van der Waals surface area contributed by atoms with Crippen molar-refractivity contribution in [3.05, 3.63) is 88.5 Å². The lowest BCUT2D eigenvalue weighted by molar-refractivity contribution is -0.123. The van der Waals surface area contributed by atoms with E-state index >= 15 is 0 Å². The number of hydrogen-bond donors (Lipinski definition) is 1. The third-order valence-electron chi connectivity index (χ3n) is 8.22. The van der Waals surface area contributed by atoms with Gasteiger partial charge in [-0.25, -0.2) is 0 Å². The second-order valence-corrected chi connectivity index (χ2v) is 10.2. The predicted molar refractivity (Wildman–Crippen MR) is 140 cm³/mol. The third kappa shape index (κ3) is 3.41. The predicted octanol–water partition coefficient (Wildman–Crippen LogP) is 4.43. The molecule has 38 heavy (non-hydrogen) atoms. The number of amides is 2. The molecule has 3 aliphatic carbocycles. The van der Waals surface area contributed by atoms with Crippen LogP contribution in [-0.2, 0) is 19.2 Å². The van der Waals surface area contributed by atoms with Crippen molar-refractivity contribution in [3.8, 4) is 11.5 Å². The fraction of sp³-hybridized carbons (Fsp3) is 0.290. The maximum atomic E-state index is 13.9. The lowest BCUT2D eigenvalue weighted by atomic mass is 9.59. The van der Waals surface area contributed by atoms with Gasteiger partial charge >= 0.3 is 0 Å². The van der Waals surface area contributed by atoms with Gasteiger partial charge in [0.05, 0.1) is 24.1 Å². The minimum absolute atomic E-state index is 0.0962. The second-order valence-electron chi connectivity index (χ2n) is 10.2. The molecule has 0 bridgehead atoms. The third-order valence-corrected chi connectivity index (χ3v) is 8.22. The molecule has 2 aromatic carbocycles. The molecular weight excluding hydrogens is 482 g/mol. The summed E-state index contributed by atoms with van der Waals surface area (Å²) >= 11 is 0. The Kier molecular flexibility index (Phi) is 5.67. The van der Waals surface area contributed by atoms with Gasteiger partial charge in [0.15, 0.2) is 23.1 Å². The topological polar surface area (TPSA) is 101 Å². The summed E-state index contributed by atoms with van der Waals surface area (Å²) in [5.74, 6) is -3.25. The first-order chi connectivity index (χ1) is 18.3. The van der Waals surface area contributed by atoms with Crippen LogP contribution in [0.2, 0.25) is 0 Å². The lowest BCUT2D eigenvalue weighted by Crippen LogP contribution is -2.39. The number of ether oxygens (including phenoxy) is 1. The van der Waals surface area contributed by atoms with Crippen molar-refractivity contribution in [1.82, 2.24) is 0 Å². The van der Waals surface area contributed by atoms with E-state index in [0.717, 1.165) is 5.57 Å². The highest BCUT2D eigenvalue weighted by Crippen LogP contribution is 2.56. The van der Waals surface area contributed by atoms with Gasteiger partial charge in [-0.15, -0.1) is 0 Å². The molecule has 4 unspecified atom stereocenters. The van der Waals surface area contributed by atoms with Crippen LogP contribution in [0.1, 0.15) is 38.2 Å². The normalized spacial score (nSPS) is 26.5. The Hall–Kier alpha value is -4.26. The molecule has 1 N–H and O–H groups in total. The first kappa shape index (κ1) is 24.1. The van der Waals surface area contributed by atoms with Gasteiger partial charge in [0.2, 0.25) is 11.8 Å². The van der Waals surface area contributed by atoms with Crippen LogP contribution >= 0.6 is 0 Å². The van der Waals surface area contributed by atoms with Crippen molar-refractivity contribution in [2.24, 2.45) is 17.8 Å². The Labute approximate surface area is 220 Å². The number of nitrogens with zero attached hydrogens (tertiary/aromatic N) is 1. The van der Waals surface area contributed by atoms with Gasteiger partial charge in [0.25, 0.3) is 0 Å². The Morgan fingerprint density at radius 1 is 0.974 bits per heavy atom. The number of fused-ring (bicyclic) bond motifs is 3. The fourth-order valence-electron chi connectivity index (χ4n) is 6.61. The number of allylic oxidation sites excluding steroid dienone is 6. The van der Waals surface area contributed by atoms with Gasteiger partial charge in [0, 0.05) is 28.2 Å². The summed E-state index contributed by atoms with van der Waals surface area (Å²) < 4.78 is 5.61. The molecule has 0 spiro atoms. The molecule has 0 saturated carbocycles. The molecule has 0 radical (unpaired) electrons. The molecule has 4 aliphatic rings. The Morgan fingerprint density at radius 2 is 1.74 bits per heavy atom. The molecule has 7 nitrogen and oxygen atoms in total. The van der Waals surface area contributed by atoms with Crippen molar-refractivity contribution in [3.63, 3.8) is 0 Å². The average Bonchev–Trinajstić information content (AvgIpc) is 3.18. The Morgan fingerprint density at radius 3 is 2.47 bits per heavy atom. The maximum absolute atomic E-state index is 13.9. The van der Waals surface area contributed by atoms with Crippen molar-refractivity contribution >= 4 is 29.1 Å². The number of carbonyl (C=O) groups is 4. The molecular formula is C31H27NO6. The number of rotatable bonds is 4. The molecule has 6 rings (SSSR count).